The third-order valence-electron chi connectivity index (χ3n) is 3.62. The van der Waals surface area contributed by atoms with Crippen molar-refractivity contribution in [3.8, 4) is 6.07 Å². The predicted octanol–water partition coefficient (Wildman–Crippen LogP) is 2.04. The lowest BCUT2D eigenvalue weighted by atomic mass is 10.1. The first kappa shape index (κ1) is 20.7. The van der Waals surface area contributed by atoms with E-state index in [1.54, 1.807) is 7.05 Å². The van der Waals surface area contributed by atoms with Gasteiger partial charge in [-0.2, -0.15) is 5.26 Å². The van der Waals surface area contributed by atoms with Crippen LogP contribution in [-0.2, 0) is 16.0 Å². The number of halogens is 1. The van der Waals surface area contributed by atoms with Crippen molar-refractivity contribution in [1.29, 1.82) is 5.26 Å². The molecule has 6 nitrogen and oxygen atoms in total. The van der Waals surface area contributed by atoms with Crippen molar-refractivity contribution < 1.29 is 9.47 Å². The van der Waals surface area contributed by atoms with E-state index in [2.05, 4.69) is 28.6 Å². The van der Waals surface area contributed by atoms with Crippen molar-refractivity contribution in [2.45, 2.75) is 32.0 Å². The maximum Gasteiger partial charge on any atom is 0.191 e. The molecule has 0 saturated carbocycles. The molecule has 1 fully saturated rings. The molecule has 0 aromatic heterocycles. The number of nitriles is 1. The van der Waals surface area contributed by atoms with Gasteiger partial charge in [0, 0.05) is 26.2 Å². The van der Waals surface area contributed by atoms with Crippen LogP contribution in [0.4, 0.5) is 0 Å². The predicted molar refractivity (Wildman–Crippen MR) is 105 cm³/mol. The van der Waals surface area contributed by atoms with Crippen LogP contribution in [0.2, 0.25) is 0 Å². The number of nitrogens with zero attached hydrogens (tertiary/aromatic N) is 2. The topological polar surface area (TPSA) is 78.7 Å². The van der Waals surface area contributed by atoms with E-state index in [0.29, 0.717) is 25.3 Å². The molecule has 0 aliphatic carbocycles. The van der Waals surface area contributed by atoms with Crippen LogP contribution in [0.5, 0.6) is 0 Å². The molecular formula is C17H25IN4O2. The van der Waals surface area contributed by atoms with Gasteiger partial charge in [0.05, 0.1) is 31.0 Å². The summed E-state index contributed by atoms with van der Waals surface area (Å²) < 4.78 is 11.1. The molecule has 24 heavy (non-hydrogen) atoms. The molecule has 1 aliphatic rings. The highest BCUT2D eigenvalue weighted by atomic mass is 127. The molecule has 2 rings (SSSR count). The van der Waals surface area contributed by atoms with Crippen LogP contribution >= 0.6 is 24.0 Å². The Kier molecular flexibility index (Phi) is 9.67. The van der Waals surface area contributed by atoms with Crippen LogP contribution in [-0.4, -0.2) is 45.0 Å². The molecule has 0 bridgehead atoms. The summed E-state index contributed by atoms with van der Waals surface area (Å²) in [4.78, 5) is 4.22. The number of benzene rings is 1. The van der Waals surface area contributed by atoms with E-state index in [1.807, 2.05) is 24.3 Å². The SMILES string of the molecule is CN=C(NCc1ccc(C#N)cc1)NC(C)COC1CCOC1.I. The Hall–Kier alpha value is -1.37. The fourth-order valence-corrected chi connectivity index (χ4v) is 2.28. The largest absolute Gasteiger partial charge is 0.379 e. The zero-order valence-corrected chi connectivity index (χ0v) is 16.4. The Morgan fingerprint density at radius 1 is 1.46 bits per heavy atom. The zero-order valence-electron chi connectivity index (χ0n) is 14.1. The number of ether oxygens (including phenoxy) is 2. The van der Waals surface area contributed by atoms with E-state index in [0.717, 1.165) is 24.6 Å². The Bertz CT molecular complexity index is 551. The maximum atomic E-state index is 8.80. The minimum atomic E-state index is 0. The number of guanidine groups is 1. The van der Waals surface area contributed by atoms with Crippen molar-refractivity contribution in [3.63, 3.8) is 0 Å². The summed E-state index contributed by atoms with van der Waals surface area (Å²) >= 11 is 0. The second-order valence-electron chi connectivity index (χ2n) is 5.60. The quantitative estimate of drug-likeness (QED) is 0.399. The second kappa shape index (κ2) is 11.2. The Morgan fingerprint density at radius 2 is 2.21 bits per heavy atom. The van der Waals surface area contributed by atoms with Gasteiger partial charge in [0.2, 0.25) is 0 Å². The van der Waals surface area contributed by atoms with Gasteiger partial charge in [-0.05, 0) is 31.0 Å². The van der Waals surface area contributed by atoms with E-state index < -0.39 is 0 Å². The van der Waals surface area contributed by atoms with Crippen molar-refractivity contribution in [2.24, 2.45) is 4.99 Å². The van der Waals surface area contributed by atoms with E-state index in [9.17, 15) is 0 Å². The summed E-state index contributed by atoms with van der Waals surface area (Å²) in [5.74, 6) is 0.730. The fraction of sp³-hybridized carbons (Fsp3) is 0.529. The van der Waals surface area contributed by atoms with Crippen LogP contribution < -0.4 is 10.6 Å². The second-order valence-corrected chi connectivity index (χ2v) is 5.60. The van der Waals surface area contributed by atoms with Crippen molar-refractivity contribution in [2.75, 3.05) is 26.9 Å². The first-order chi connectivity index (χ1) is 11.2. The third-order valence-corrected chi connectivity index (χ3v) is 3.62. The first-order valence-corrected chi connectivity index (χ1v) is 7.87. The van der Waals surface area contributed by atoms with E-state index in [1.165, 1.54) is 0 Å². The van der Waals surface area contributed by atoms with Crippen LogP contribution in [0.25, 0.3) is 0 Å². The molecule has 1 heterocycles. The van der Waals surface area contributed by atoms with Gasteiger partial charge in [-0.15, -0.1) is 24.0 Å². The molecule has 132 valence electrons. The Morgan fingerprint density at radius 3 is 2.79 bits per heavy atom. The van der Waals surface area contributed by atoms with E-state index >= 15 is 0 Å². The molecule has 7 heteroatoms. The Balaban J connectivity index is 0.00000288. The molecule has 0 radical (unpaired) electrons. The van der Waals surface area contributed by atoms with Gasteiger partial charge >= 0.3 is 0 Å². The molecule has 0 amide bonds. The van der Waals surface area contributed by atoms with E-state index in [-0.39, 0.29) is 36.1 Å². The monoisotopic (exact) mass is 444 g/mol. The normalized spacial score (nSPS) is 18.4. The van der Waals surface area contributed by atoms with Crippen LogP contribution in [0.3, 0.4) is 0 Å². The molecule has 2 atom stereocenters. The summed E-state index contributed by atoms with van der Waals surface area (Å²) in [6.07, 6.45) is 1.19. The number of aliphatic imine (C=N–C) groups is 1. The summed E-state index contributed by atoms with van der Waals surface area (Å²) in [5, 5.41) is 15.4. The maximum absolute atomic E-state index is 8.80. The minimum absolute atomic E-state index is 0. The lowest BCUT2D eigenvalue weighted by Crippen LogP contribution is -2.44. The van der Waals surface area contributed by atoms with Crippen LogP contribution in [0, 0.1) is 11.3 Å². The number of nitrogens with one attached hydrogen (secondary N) is 2. The standard InChI is InChI=1S/C17H24N4O2.HI/c1-13(11-23-16-7-8-22-12-16)21-17(19-2)20-10-15-5-3-14(9-18)4-6-15;/h3-6,13,16H,7-8,10-12H2,1-2H3,(H2,19,20,21);1H. The summed E-state index contributed by atoms with van der Waals surface area (Å²) in [6.45, 7) is 4.81. The smallest absolute Gasteiger partial charge is 0.191 e. The van der Waals surface area contributed by atoms with Gasteiger partial charge in [-0.25, -0.2) is 0 Å². The van der Waals surface area contributed by atoms with Crippen LogP contribution in [0.15, 0.2) is 29.3 Å². The third kappa shape index (κ3) is 7.03. The van der Waals surface area contributed by atoms with Gasteiger partial charge in [0.25, 0.3) is 0 Å². The zero-order chi connectivity index (χ0) is 16.5. The highest BCUT2D eigenvalue weighted by molar-refractivity contribution is 14.0. The number of hydrogen-bond donors (Lipinski definition) is 2. The molecule has 1 aromatic carbocycles. The summed E-state index contributed by atoms with van der Waals surface area (Å²) in [5.41, 5.74) is 1.76. The van der Waals surface area contributed by atoms with Gasteiger partial charge in [-0.1, -0.05) is 12.1 Å². The molecule has 1 aliphatic heterocycles. The van der Waals surface area contributed by atoms with Gasteiger partial charge in [0.1, 0.15) is 0 Å². The summed E-state index contributed by atoms with van der Waals surface area (Å²) in [6, 6.07) is 9.77. The molecule has 1 saturated heterocycles. The minimum Gasteiger partial charge on any atom is -0.379 e. The van der Waals surface area contributed by atoms with Gasteiger partial charge in [-0.3, -0.25) is 4.99 Å². The van der Waals surface area contributed by atoms with E-state index in [4.69, 9.17) is 14.7 Å². The van der Waals surface area contributed by atoms with Crippen molar-refractivity contribution >= 4 is 29.9 Å². The van der Waals surface area contributed by atoms with Crippen molar-refractivity contribution in [1.82, 2.24) is 10.6 Å². The molecule has 0 spiro atoms. The summed E-state index contributed by atoms with van der Waals surface area (Å²) in [7, 11) is 1.74. The highest BCUT2D eigenvalue weighted by Crippen LogP contribution is 2.08. The molecular weight excluding hydrogens is 419 g/mol. The molecule has 1 aromatic rings. The lowest BCUT2D eigenvalue weighted by molar-refractivity contribution is 0.0347. The van der Waals surface area contributed by atoms with Crippen molar-refractivity contribution in [3.05, 3.63) is 35.4 Å². The van der Waals surface area contributed by atoms with Crippen LogP contribution in [0.1, 0.15) is 24.5 Å². The lowest BCUT2D eigenvalue weighted by Gasteiger charge is -2.19. The van der Waals surface area contributed by atoms with Gasteiger partial charge < -0.3 is 20.1 Å². The number of hydrogen-bond acceptors (Lipinski definition) is 4. The Labute approximate surface area is 160 Å². The molecule has 2 unspecified atom stereocenters. The average molecular weight is 444 g/mol. The first-order valence-electron chi connectivity index (χ1n) is 7.87. The average Bonchev–Trinajstić information content (AvgIpc) is 3.10. The fourth-order valence-electron chi connectivity index (χ4n) is 2.28. The van der Waals surface area contributed by atoms with Gasteiger partial charge in [0.15, 0.2) is 5.96 Å². The number of rotatable bonds is 6. The molecule has 2 N–H and O–H groups in total. The highest BCUT2D eigenvalue weighted by Gasteiger charge is 2.17.